The molecule has 0 spiro atoms. The van der Waals surface area contributed by atoms with Gasteiger partial charge in [0.1, 0.15) is 5.82 Å². The van der Waals surface area contributed by atoms with Crippen LogP contribution in [0.25, 0.3) is 0 Å². The van der Waals surface area contributed by atoms with Gasteiger partial charge in [-0.15, -0.1) is 0 Å². The van der Waals surface area contributed by atoms with E-state index >= 15 is 0 Å². The Bertz CT molecular complexity index is 593. The van der Waals surface area contributed by atoms with E-state index in [0.717, 1.165) is 30.8 Å². The molecule has 2 heterocycles. The van der Waals surface area contributed by atoms with Crippen LogP contribution in [-0.4, -0.2) is 21.2 Å². The predicted molar refractivity (Wildman–Crippen MR) is 81.2 cm³/mol. The predicted octanol–water partition coefficient (Wildman–Crippen LogP) is 3.68. The number of nitrogens with zero attached hydrogens (tertiary/aromatic N) is 3. The number of halogens is 1. The minimum absolute atomic E-state index is 0.156. The molecule has 0 saturated carbocycles. The lowest BCUT2D eigenvalue weighted by Gasteiger charge is -2.28. The summed E-state index contributed by atoms with van der Waals surface area (Å²) in [6.45, 7) is 1.84. The van der Waals surface area contributed by atoms with Crippen LogP contribution in [0.5, 0.6) is 0 Å². The van der Waals surface area contributed by atoms with Crippen molar-refractivity contribution in [3.63, 3.8) is 0 Å². The number of hydrogen-bond acceptors (Lipinski definition) is 2. The lowest BCUT2D eigenvalue weighted by Crippen LogP contribution is -2.28. The molecule has 1 atom stereocenters. The minimum atomic E-state index is -0.156. The fraction of sp³-hybridized carbons (Fsp3) is 0.471. The summed E-state index contributed by atoms with van der Waals surface area (Å²) in [6.07, 6.45) is 6.84. The van der Waals surface area contributed by atoms with Gasteiger partial charge in [0.2, 0.25) is 0 Å². The van der Waals surface area contributed by atoms with E-state index in [-0.39, 0.29) is 5.82 Å². The molecule has 1 saturated heterocycles. The molecule has 21 heavy (non-hydrogen) atoms. The second-order valence-corrected chi connectivity index (χ2v) is 5.88. The Balaban J connectivity index is 1.81. The first-order valence-electron chi connectivity index (χ1n) is 7.70. The Morgan fingerprint density at radius 1 is 1.24 bits per heavy atom. The normalized spacial score (nSPS) is 20.4. The fourth-order valence-corrected chi connectivity index (χ4v) is 3.17. The lowest BCUT2D eigenvalue weighted by atomic mass is 10.1. The van der Waals surface area contributed by atoms with Crippen LogP contribution in [-0.2, 0) is 13.6 Å². The lowest BCUT2D eigenvalue weighted by molar-refractivity contribution is 0.188. The monoisotopic (exact) mass is 287 g/mol. The van der Waals surface area contributed by atoms with Gasteiger partial charge in [0, 0.05) is 19.8 Å². The van der Waals surface area contributed by atoms with Crippen molar-refractivity contribution in [2.24, 2.45) is 7.05 Å². The van der Waals surface area contributed by atoms with E-state index in [1.807, 2.05) is 24.0 Å². The van der Waals surface area contributed by atoms with Crippen LogP contribution in [0.2, 0.25) is 0 Å². The second kappa shape index (κ2) is 6.39. The molecule has 1 fully saturated rings. The van der Waals surface area contributed by atoms with Crippen LogP contribution < -0.4 is 0 Å². The quantitative estimate of drug-likeness (QED) is 0.858. The summed E-state index contributed by atoms with van der Waals surface area (Å²) >= 11 is 0. The highest BCUT2D eigenvalue weighted by atomic mass is 19.1. The van der Waals surface area contributed by atoms with E-state index in [1.165, 1.54) is 25.3 Å². The number of benzene rings is 1. The smallest absolute Gasteiger partial charge is 0.123 e. The highest BCUT2D eigenvalue weighted by molar-refractivity contribution is 5.17. The van der Waals surface area contributed by atoms with Crippen LogP contribution in [0.3, 0.4) is 0 Å². The summed E-state index contributed by atoms with van der Waals surface area (Å²) in [5.41, 5.74) is 2.17. The van der Waals surface area contributed by atoms with E-state index in [4.69, 9.17) is 0 Å². The largest absolute Gasteiger partial charge is 0.290 e. The SMILES string of the molecule is Cn1ccc(C2CCCCCN2Cc2cccc(F)c2)n1. The molecule has 3 rings (SSSR count). The number of hydrogen-bond donors (Lipinski definition) is 0. The summed E-state index contributed by atoms with van der Waals surface area (Å²) < 4.78 is 15.3. The van der Waals surface area contributed by atoms with Crippen molar-refractivity contribution in [1.29, 1.82) is 0 Å². The molecule has 0 N–H and O–H groups in total. The highest BCUT2D eigenvalue weighted by Crippen LogP contribution is 2.30. The Hall–Kier alpha value is -1.68. The summed E-state index contributed by atoms with van der Waals surface area (Å²) in [6, 6.07) is 9.38. The molecule has 0 radical (unpaired) electrons. The number of rotatable bonds is 3. The van der Waals surface area contributed by atoms with Gasteiger partial charge in [-0.3, -0.25) is 9.58 Å². The van der Waals surface area contributed by atoms with Gasteiger partial charge in [-0.25, -0.2) is 4.39 Å². The zero-order valence-electron chi connectivity index (χ0n) is 12.5. The van der Waals surface area contributed by atoms with Crippen LogP contribution in [0.1, 0.15) is 43.0 Å². The first-order valence-corrected chi connectivity index (χ1v) is 7.70. The molecule has 1 unspecified atom stereocenters. The first kappa shape index (κ1) is 14.3. The summed E-state index contributed by atoms with van der Waals surface area (Å²) in [7, 11) is 1.96. The Kier molecular flexibility index (Phi) is 4.34. The zero-order valence-corrected chi connectivity index (χ0v) is 12.5. The molecule has 0 bridgehead atoms. The van der Waals surface area contributed by atoms with Crippen molar-refractivity contribution in [2.45, 2.75) is 38.3 Å². The van der Waals surface area contributed by atoms with Gasteiger partial charge < -0.3 is 0 Å². The van der Waals surface area contributed by atoms with Crippen molar-refractivity contribution < 1.29 is 4.39 Å². The first-order chi connectivity index (χ1) is 10.2. The van der Waals surface area contributed by atoms with Gasteiger partial charge in [-0.2, -0.15) is 5.10 Å². The number of aromatic nitrogens is 2. The van der Waals surface area contributed by atoms with Gasteiger partial charge in [0.25, 0.3) is 0 Å². The van der Waals surface area contributed by atoms with Gasteiger partial charge in [0.15, 0.2) is 0 Å². The third-order valence-electron chi connectivity index (χ3n) is 4.21. The average molecular weight is 287 g/mol. The van der Waals surface area contributed by atoms with Gasteiger partial charge in [-0.05, 0) is 43.1 Å². The number of aryl methyl sites for hydroxylation is 1. The number of likely N-dealkylation sites (tertiary alicyclic amines) is 1. The fourth-order valence-electron chi connectivity index (χ4n) is 3.17. The minimum Gasteiger partial charge on any atom is -0.290 e. The molecular formula is C17H22FN3. The standard InChI is InChI=1S/C17H22FN3/c1-20-11-9-16(19-20)17-8-3-2-4-10-21(17)13-14-6-5-7-15(18)12-14/h5-7,9,11-12,17H,2-4,8,10,13H2,1H3. The molecule has 1 aliphatic rings. The van der Waals surface area contributed by atoms with Crippen molar-refractivity contribution in [3.8, 4) is 0 Å². The van der Waals surface area contributed by atoms with Crippen molar-refractivity contribution in [3.05, 3.63) is 53.6 Å². The van der Waals surface area contributed by atoms with E-state index in [2.05, 4.69) is 16.1 Å². The van der Waals surface area contributed by atoms with Crippen molar-refractivity contribution >= 4 is 0 Å². The van der Waals surface area contributed by atoms with Crippen LogP contribution in [0.4, 0.5) is 4.39 Å². The maximum absolute atomic E-state index is 13.4. The maximum Gasteiger partial charge on any atom is 0.123 e. The highest BCUT2D eigenvalue weighted by Gasteiger charge is 2.24. The Morgan fingerprint density at radius 2 is 2.14 bits per heavy atom. The topological polar surface area (TPSA) is 21.1 Å². The van der Waals surface area contributed by atoms with E-state index in [1.54, 1.807) is 12.1 Å². The van der Waals surface area contributed by atoms with Crippen LogP contribution in [0.15, 0.2) is 36.5 Å². The maximum atomic E-state index is 13.4. The van der Waals surface area contributed by atoms with Crippen LogP contribution >= 0.6 is 0 Å². The molecule has 2 aromatic rings. The molecule has 0 aliphatic carbocycles. The van der Waals surface area contributed by atoms with E-state index in [0.29, 0.717) is 6.04 Å². The average Bonchev–Trinajstić information content (AvgIpc) is 2.75. The molecule has 1 aliphatic heterocycles. The summed E-state index contributed by atoms with van der Waals surface area (Å²) in [4.78, 5) is 2.45. The molecule has 112 valence electrons. The molecular weight excluding hydrogens is 265 g/mol. The molecule has 4 heteroatoms. The summed E-state index contributed by atoms with van der Waals surface area (Å²) in [5.74, 6) is -0.156. The van der Waals surface area contributed by atoms with Gasteiger partial charge in [-0.1, -0.05) is 25.0 Å². The van der Waals surface area contributed by atoms with Gasteiger partial charge in [0.05, 0.1) is 11.7 Å². The molecule has 3 nitrogen and oxygen atoms in total. The van der Waals surface area contributed by atoms with E-state index in [9.17, 15) is 4.39 Å². The summed E-state index contributed by atoms with van der Waals surface area (Å²) in [5, 5.41) is 4.59. The molecule has 1 aromatic carbocycles. The van der Waals surface area contributed by atoms with Crippen LogP contribution in [0, 0.1) is 5.82 Å². The van der Waals surface area contributed by atoms with E-state index < -0.39 is 0 Å². The Labute approximate surface area is 125 Å². The van der Waals surface area contributed by atoms with Crippen molar-refractivity contribution in [2.75, 3.05) is 6.54 Å². The third-order valence-corrected chi connectivity index (χ3v) is 4.21. The second-order valence-electron chi connectivity index (χ2n) is 5.88. The molecule has 1 aromatic heterocycles. The Morgan fingerprint density at radius 3 is 2.90 bits per heavy atom. The van der Waals surface area contributed by atoms with Crippen molar-refractivity contribution in [1.82, 2.24) is 14.7 Å². The van der Waals surface area contributed by atoms with Gasteiger partial charge >= 0.3 is 0 Å². The third kappa shape index (κ3) is 3.50. The zero-order chi connectivity index (χ0) is 14.7. The molecule has 0 amide bonds.